The second-order valence-electron chi connectivity index (χ2n) is 2.89. The Labute approximate surface area is 65.3 Å². The van der Waals surface area contributed by atoms with Gasteiger partial charge >= 0.3 is 5.97 Å². The first kappa shape index (κ1) is 8.49. The van der Waals surface area contributed by atoms with Crippen molar-refractivity contribution in [2.45, 2.75) is 18.9 Å². The van der Waals surface area contributed by atoms with Gasteiger partial charge in [-0.1, -0.05) is 0 Å². The van der Waals surface area contributed by atoms with Gasteiger partial charge in [-0.3, -0.25) is 4.79 Å². The topological polar surface area (TPSA) is 72.6 Å². The van der Waals surface area contributed by atoms with E-state index in [2.05, 4.69) is 0 Å². The lowest BCUT2D eigenvalue weighted by Crippen LogP contribution is -2.18. The molecule has 1 rings (SSSR count). The molecular weight excluding hydrogens is 146 g/mol. The van der Waals surface area contributed by atoms with Gasteiger partial charge in [-0.05, 0) is 12.3 Å². The molecule has 64 valence electrons. The summed E-state index contributed by atoms with van der Waals surface area (Å²) in [6.07, 6.45) is 1.08. The fourth-order valence-corrected chi connectivity index (χ4v) is 1.33. The number of rotatable bonds is 3. The van der Waals surface area contributed by atoms with E-state index in [1.807, 2.05) is 0 Å². The van der Waals surface area contributed by atoms with Crippen molar-refractivity contribution in [1.82, 2.24) is 0 Å². The lowest BCUT2D eigenvalue weighted by Gasteiger charge is -2.03. The molecule has 0 radical (unpaired) electrons. The number of hydrogen-bond acceptors (Lipinski definition) is 3. The number of hydrogen-bond donors (Lipinski definition) is 2. The lowest BCUT2D eigenvalue weighted by atomic mass is 10.0. The molecule has 2 unspecified atom stereocenters. The average Bonchev–Trinajstić information content (AvgIpc) is 2.34. The van der Waals surface area contributed by atoms with Crippen molar-refractivity contribution < 1.29 is 14.6 Å². The maximum atomic E-state index is 10.3. The molecule has 0 aromatic rings. The number of carboxylic acids is 1. The van der Waals surface area contributed by atoms with Crippen LogP contribution in [0.25, 0.3) is 0 Å². The Morgan fingerprint density at radius 3 is 2.91 bits per heavy atom. The molecule has 1 aliphatic heterocycles. The monoisotopic (exact) mass is 159 g/mol. The molecule has 4 nitrogen and oxygen atoms in total. The molecule has 4 heteroatoms. The summed E-state index contributed by atoms with van der Waals surface area (Å²) in [5.74, 6) is -0.586. The van der Waals surface area contributed by atoms with Crippen molar-refractivity contribution in [3.63, 3.8) is 0 Å². The van der Waals surface area contributed by atoms with Gasteiger partial charge in [0.2, 0.25) is 0 Å². The van der Waals surface area contributed by atoms with Crippen LogP contribution in [0.1, 0.15) is 12.8 Å². The van der Waals surface area contributed by atoms with Crippen LogP contribution < -0.4 is 5.73 Å². The van der Waals surface area contributed by atoms with E-state index in [1.165, 1.54) is 0 Å². The molecule has 1 heterocycles. The third kappa shape index (κ3) is 2.48. The SMILES string of the molecule is NCC1CC(CC(=O)O)CO1. The zero-order valence-electron chi connectivity index (χ0n) is 6.32. The van der Waals surface area contributed by atoms with Gasteiger partial charge in [0, 0.05) is 6.54 Å². The fraction of sp³-hybridized carbons (Fsp3) is 0.857. The predicted octanol–water partition coefficient (Wildman–Crippen LogP) is -0.175. The Kier molecular flexibility index (Phi) is 2.84. The molecule has 0 aliphatic carbocycles. The summed E-state index contributed by atoms with van der Waals surface area (Å²) in [4.78, 5) is 10.3. The Morgan fingerprint density at radius 1 is 1.73 bits per heavy atom. The molecule has 3 N–H and O–H groups in total. The zero-order chi connectivity index (χ0) is 8.27. The maximum absolute atomic E-state index is 10.3. The van der Waals surface area contributed by atoms with Crippen LogP contribution in [0.5, 0.6) is 0 Å². The first-order chi connectivity index (χ1) is 5.22. The van der Waals surface area contributed by atoms with Gasteiger partial charge in [0.25, 0.3) is 0 Å². The summed E-state index contributed by atoms with van der Waals surface area (Å²) >= 11 is 0. The van der Waals surface area contributed by atoms with Crippen molar-refractivity contribution >= 4 is 5.97 Å². The van der Waals surface area contributed by atoms with E-state index in [9.17, 15) is 4.79 Å². The number of nitrogens with two attached hydrogens (primary N) is 1. The zero-order valence-corrected chi connectivity index (χ0v) is 6.32. The van der Waals surface area contributed by atoms with Crippen LogP contribution in [0.15, 0.2) is 0 Å². The Bertz CT molecular complexity index is 149. The van der Waals surface area contributed by atoms with Crippen LogP contribution in [0.3, 0.4) is 0 Å². The predicted molar refractivity (Wildman–Crippen MR) is 39.2 cm³/mol. The first-order valence-electron chi connectivity index (χ1n) is 3.76. The molecule has 2 atom stereocenters. The standard InChI is InChI=1S/C7H13NO3/c8-3-6-1-5(4-11-6)2-7(9)10/h5-6H,1-4,8H2,(H,9,10). The molecule has 1 saturated heterocycles. The van der Waals surface area contributed by atoms with E-state index in [1.54, 1.807) is 0 Å². The number of carbonyl (C=O) groups is 1. The second-order valence-corrected chi connectivity index (χ2v) is 2.89. The fourth-order valence-electron chi connectivity index (χ4n) is 1.33. The normalized spacial score (nSPS) is 30.6. The van der Waals surface area contributed by atoms with E-state index >= 15 is 0 Å². The third-order valence-corrected chi connectivity index (χ3v) is 1.89. The molecule has 0 spiro atoms. The summed E-state index contributed by atoms with van der Waals surface area (Å²) in [5, 5.41) is 8.45. The van der Waals surface area contributed by atoms with Crippen LogP contribution >= 0.6 is 0 Å². The van der Waals surface area contributed by atoms with E-state index < -0.39 is 5.97 Å². The van der Waals surface area contributed by atoms with Crippen molar-refractivity contribution in [1.29, 1.82) is 0 Å². The highest BCUT2D eigenvalue weighted by Gasteiger charge is 2.25. The first-order valence-corrected chi connectivity index (χ1v) is 3.76. The summed E-state index contributed by atoms with van der Waals surface area (Å²) in [5.41, 5.74) is 5.35. The molecule has 11 heavy (non-hydrogen) atoms. The molecule has 1 aliphatic rings. The molecule has 0 aromatic carbocycles. The van der Waals surface area contributed by atoms with Gasteiger partial charge < -0.3 is 15.6 Å². The lowest BCUT2D eigenvalue weighted by molar-refractivity contribution is -0.138. The maximum Gasteiger partial charge on any atom is 0.303 e. The second kappa shape index (κ2) is 3.69. The van der Waals surface area contributed by atoms with Crippen LogP contribution in [0.2, 0.25) is 0 Å². The number of ether oxygens (including phenoxy) is 1. The van der Waals surface area contributed by atoms with Crippen molar-refractivity contribution in [3.05, 3.63) is 0 Å². The van der Waals surface area contributed by atoms with Gasteiger partial charge in [0.05, 0.1) is 19.1 Å². The molecule has 0 bridgehead atoms. The minimum absolute atomic E-state index is 0.0827. The number of carboxylic acid groups (broad SMARTS) is 1. The van der Waals surface area contributed by atoms with Crippen LogP contribution in [0.4, 0.5) is 0 Å². The molecule has 0 amide bonds. The van der Waals surface area contributed by atoms with Gasteiger partial charge in [-0.25, -0.2) is 0 Å². The largest absolute Gasteiger partial charge is 0.481 e. The van der Waals surface area contributed by atoms with Crippen LogP contribution in [-0.2, 0) is 9.53 Å². The Morgan fingerprint density at radius 2 is 2.45 bits per heavy atom. The Balaban J connectivity index is 2.24. The van der Waals surface area contributed by atoms with Gasteiger partial charge in [0.1, 0.15) is 0 Å². The highest BCUT2D eigenvalue weighted by molar-refractivity contribution is 5.67. The summed E-state index contributed by atoms with van der Waals surface area (Å²) in [6.45, 7) is 1.05. The summed E-state index contributed by atoms with van der Waals surface area (Å²) < 4.78 is 5.23. The van der Waals surface area contributed by atoms with E-state index in [-0.39, 0.29) is 18.4 Å². The Hall–Kier alpha value is -0.610. The highest BCUT2D eigenvalue weighted by Crippen LogP contribution is 2.21. The molecule has 0 saturated carbocycles. The van der Waals surface area contributed by atoms with Crippen molar-refractivity contribution in [3.8, 4) is 0 Å². The molecular formula is C7H13NO3. The van der Waals surface area contributed by atoms with Crippen molar-refractivity contribution in [2.75, 3.05) is 13.2 Å². The summed E-state index contributed by atoms with van der Waals surface area (Å²) in [7, 11) is 0. The smallest absolute Gasteiger partial charge is 0.303 e. The highest BCUT2D eigenvalue weighted by atomic mass is 16.5. The van der Waals surface area contributed by atoms with E-state index in [0.29, 0.717) is 13.2 Å². The van der Waals surface area contributed by atoms with Gasteiger partial charge in [-0.2, -0.15) is 0 Å². The molecule has 1 fully saturated rings. The van der Waals surface area contributed by atoms with Gasteiger partial charge in [-0.15, -0.1) is 0 Å². The summed E-state index contributed by atoms with van der Waals surface area (Å²) in [6, 6.07) is 0. The average molecular weight is 159 g/mol. The van der Waals surface area contributed by atoms with E-state index in [4.69, 9.17) is 15.6 Å². The molecule has 0 aromatic heterocycles. The van der Waals surface area contributed by atoms with Gasteiger partial charge in [0.15, 0.2) is 0 Å². The van der Waals surface area contributed by atoms with Crippen molar-refractivity contribution in [2.24, 2.45) is 11.7 Å². The minimum atomic E-state index is -0.753. The third-order valence-electron chi connectivity index (χ3n) is 1.89. The van der Waals surface area contributed by atoms with Crippen LogP contribution in [0, 0.1) is 5.92 Å². The quantitative estimate of drug-likeness (QED) is 0.599. The minimum Gasteiger partial charge on any atom is -0.481 e. The van der Waals surface area contributed by atoms with E-state index in [0.717, 1.165) is 6.42 Å². The van der Waals surface area contributed by atoms with Crippen LogP contribution in [-0.4, -0.2) is 30.3 Å². The number of aliphatic carboxylic acids is 1.